The number of nitrogens with one attached hydrogen (secondary N) is 1. The van der Waals surface area contributed by atoms with Gasteiger partial charge in [-0.15, -0.1) is 0 Å². The average Bonchev–Trinajstić information content (AvgIpc) is 2.89. The maximum atomic E-state index is 13.1. The predicted octanol–water partition coefficient (Wildman–Crippen LogP) is 1.71. The highest BCUT2D eigenvalue weighted by atomic mass is 19.1. The molecular weight excluding hydrogens is 279 g/mol. The monoisotopic (exact) mass is 292 g/mol. The molecular formula is C14H13FN2O4. The number of carboxylic acid groups (broad SMARTS) is 1. The molecule has 1 amide bonds. The highest BCUT2D eigenvalue weighted by Gasteiger charge is 2.34. The third-order valence-electron chi connectivity index (χ3n) is 3.51. The zero-order valence-electron chi connectivity index (χ0n) is 11.0. The van der Waals surface area contributed by atoms with Crippen molar-refractivity contribution in [2.24, 2.45) is 0 Å². The standard InChI is InChI=1S/C14H13FN2O4/c15-9-1-2-11-8(5-9)6-12(21-11)13(18)10-7-16-3-4-17(10)14(19)20/h1-2,5-6,10,16H,3-4,7H2,(H,19,20). The molecule has 0 saturated carbocycles. The van der Waals surface area contributed by atoms with Gasteiger partial charge in [-0.25, -0.2) is 9.18 Å². The number of ketones is 1. The normalized spacial score (nSPS) is 18.9. The molecule has 2 N–H and O–H groups in total. The molecule has 0 bridgehead atoms. The van der Waals surface area contributed by atoms with E-state index in [-0.39, 0.29) is 18.8 Å². The third-order valence-corrected chi connectivity index (χ3v) is 3.51. The first-order chi connectivity index (χ1) is 10.1. The molecule has 1 fully saturated rings. The van der Waals surface area contributed by atoms with Crippen LogP contribution in [0.4, 0.5) is 9.18 Å². The number of halogens is 1. The van der Waals surface area contributed by atoms with E-state index in [0.717, 1.165) is 4.90 Å². The topological polar surface area (TPSA) is 82.8 Å². The van der Waals surface area contributed by atoms with Crippen LogP contribution in [0.25, 0.3) is 11.0 Å². The number of carbonyl (C=O) groups is 2. The number of furan rings is 1. The van der Waals surface area contributed by atoms with Crippen molar-refractivity contribution in [1.29, 1.82) is 0 Å². The van der Waals surface area contributed by atoms with E-state index < -0.39 is 23.7 Å². The first-order valence-corrected chi connectivity index (χ1v) is 6.50. The molecule has 110 valence electrons. The molecule has 1 aromatic carbocycles. The predicted molar refractivity (Wildman–Crippen MR) is 71.9 cm³/mol. The van der Waals surface area contributed by atoms with Crippen molar-refractivity contribution in [3.05, 3.63) is 35.8 Å². The summed E-state index contributed by atoms with van der Waals surface area (Å²) in [4.78, 5) is 24.7. The van der Waals surface area contributed by atoms with E-state index in [1.165, 1.54) is 24.3 Å². The fourth-order valence-electron chi connectivity index (χ4n) is 2.47. The minimum Gasteiger partial charge on any atom is -0.465 e. The maximum Gasteiger partial charge on any atom is 0.408 e. The lowest BCUT2D eigenvalue weighted by atomic mass is 10.1. The lowest BCUT2D eigenvalue weighted by Crippen LogP contribution is -2.56. The molecule has 7 heteroatoms. The Morgan fingerprint density at radius 2 is 2.19 bits per heavy atom. The number of nitrogens with zero attached hydrogens (tertiary/aromatic N) is 1. The van der Waals surface area contributed by atoms with Gasteiger partial charge in [0.25, 0.3) is 0 Å². The molecule has 0 radical (unpaired) electrons. The second-order valence-electron chi connectivity index (χ2n) is 4.85. The molecule has 2 heterocycles. The van der Waals surface area contributed by atoms with E-state index in [2.05, 4.69) is 5.32 Å². The van der Waals surface area contributed by atoms with Gasteiger partial charge >= 0.3 is 6.09 Å². The summed E-state index contributed by atoms with van der Waals surface area (Å²) >= 11 is 0. The van der Waals surface area contributed by atoms with Crippen molar-refractivity contribution < 1.29 is 23.5 Å². The number of hydrogen-bond donors (Lipinski definition) is 2. The number of amides is 1. The Balaban J connectivity index is 1.93. The third kappa shape index (κ3) is 2.47. The van der Waals surface area contributed by atoms with Gasteiger partial charge in [0.1, 0.15) is 17.4 Å². The van der Waals surface area contributed by atoms with E-state index >= 15 is 0 Å². The van der Waals surface area contributed by atoms with Gasteiger partial charge in [-0.2, -0.15) is 0 Å². The summed E-state index contributed by atoms with van der Waals surface area (Å²) in [5.41, 5.74) is 0.394. The summed E-state index contributed by atoms with van der Waals surface area (Å²) < 4.78 is 18.5. The Labute approximate surface area is 119 Å². The van der Waals surface area contributed by atoms with E-state index in [1.54, 1.807) is 0 Å². The summed E-state index contributed by atoms with van der Waals surface area (Å²) in [5, 5.41) is 12.6. The number of hydrogen-bond acceptors (Lipinski definition) is 4. The quantitative estimate of drug-likeness (QED) is 0.823. The summed E-state index contributed by atoms with van der Waals surface area (Å²) in [6.45, 7) is 0.971. The van der Waals surface area contributed by atoms with E-state index in [0.29, 0.717) is 17.5 Å². The molecule has 6 nitrogen and oxygen atoms in total. The molecule has 1 atom stereocenters. The summed E-state index contributed by atoms with van der Waals surface area (Å²) in [6, 6.07) is 4.56. The van der Waals surface area contributed by atoms with Crippen molar-refractivity contribution in [3.63, 3.8) is 0 Å². The highest BCUT2D eigenvalue weighted by Crippen LogP contribution is 2.22. The second kappa shape index (κ2) is 5.17. The van der Waals surface area contributed by atoms with Crippen molar-refractivity contribution >= 4 is 22.8 Å². The van der Waals surface area contributed by atoms with Gasteiger partial charge in [0.2, 0.25) is 5.78 Å². The Kier molecular flexibility index (Phi) is 3.34. The van der Waals surface area contributed by atoms with Crippen LogP contribution in [0, 0.1) is 5.82 Å². The van der Waals surface area contributed by atoms with Crippen LogP contribution in [-0.4, -0.2) is 47.6 Å². The highest BCUT2D eigenvalue weighted by molar-refractivity contribution is 6.02. The number of fused-ring (bicyclic) bond motifs is 1. The van der Waals surface area contributed by atoms with Crippen LogP contribution in [0.15, 0.2) is 28.7 Å². The van der Waals surface area contributed by atoms with E-state index in [4.69, 9.17) is 9.52 Å². The Morgan fingerprint density at radius 1 is 1.38 bits per heavy atom. The van der Waals surface area contributed by atoms with Gasteiger partial charge in [0.05, 0.1) is 0 Å². The van der Waals surface area contributed by atoms with Gasteiger partial charge in [-0.05, 0) is 24.3 Å². The molecule has 3 rings (SSSR count). The van der Waals surface area contributed by atoms with Crippen LogP contribution >= 0.6 is 0 Å². The molecule has 21 heavy (non-hydrogen) atoms. The molecule has 0 aliphatic carbocycles. The zero-order valence-corrected chi connectivity index (χ0v) is 11.0. The molecule has 1 aromatic heterocycles. The number of rotatable bonds is 2. The maximum absolute atomic E-state index is 13.1. The van der Waals surface area contributed by atoms with Gasteiger partial charge in [-0.3, -0.25) is 9.69 Å². The summed E-state index contributed by atoms with van der Waals surface area (Å²) in [7, 11) is 0. The molecule has 2 aromatic rings. The van der Waals surface area contributed by atoms with E-state index in [1.807, 2.05) is 0 Å². The second-order valence-corrected chi connectivity index (χ2v) is 4.85. The van der Waals surface area contributed by atoms with Gasteiger partial charge in [0.15, 0.2) is 5.76 Å². The number of piperazine rings is 1. The number of carbonyl (C=O) groups excluding carboxylic acids is 1. The van der Waals surface area contributed by atoms with Gasteiger partial charge in [0, 0.05) is 25.0 Å². The lowest BCUT2D eigenvalue weighted by Gasteiger charge is -2.32. The van der Waals surface area contributed by atoms with Crippen LogP contribution in [0.3, 0.4) is 0 Å². The number of benzene rings is 1. The van der Waals surface area contributed by atoms with E-state index in [9.17, 15) is 14.0 Å². The van der Waals surface area contributed by atoms with Crippen molar-refractivity contribution in [2.45, 2.75) is 6.04 Å². The van der Waals surface area contributed by atoms with Crippen LogP contribution in [0.1, 0.15) is 10.6 Å². The lowest BCUT2D eigenvalue weighted by molar-refractivity contribution is 0.0718. The van der Waals surface area contributed by atoms with Gasteiger partial charge in [-0.1, -0.05) is 0 Å². The minimum absolute atomic E-state index is 0.0375. The fraction of sp³-hybridized carbons (Fsp3) is 0.286. The first kappa shape index (κ1) is 13.6. The van der Waals surface area contributed by atoms with Gasteiger partial charge < -0.3 is 14.8 Å². The largest absolute Gasteiger partial charge is 0.465 e. The molecule has 1 saturated heterocycles. The van der Waals surface area contributed by atoms with Crippen molar-refractivity contribution in [1.82, 2.24) is 10.2 Å². The number of Topliss-reactive ketones (excluding diaryl/α,β-unsaturated/α-hetero) is 1. The van der Waals surface area contributed by atoms with Crippen molar-refractivity contribution in [3.8, 4) is 0 Å². The molecule has 1 unspecified atom stereocenters. The van der Waals surface area contributed by atoms with Crippen molar-refractivity contribution in [2.75, 3.05) is 19.6 Å². The Morgan fingerprint density at radius 3 is 2.95 bits per heavy atom. The minimum atomic E-state index is -1.14. The smallest absolute Gasteiger partial charge is 0.408 e. The average molecular weight is 292 g/mol. The summed E-state index contributed by atoms with van der Waals surface area (Å²) in [6.07, 6.45) is -1.14. The Hall–Kier alpha value is -2.41. The zero-order chi connectivity index (χ0) is 15.0. The first-order valence-electron chi connectivity index (χ1n) is 6.50. The van der Waals surface area contributed by atoms with Crippen LogP contribution in [-0.2, 0) is 0 Å². The van der Waals surface area contributed by atoms with Crippen LogP contribution in [0.2, 0.25) is 0 Å². The SMILES string of the molecule is O=C(c1cc2cc(F)ccc2o1)C1CNCCN1C(=O)O. The molecule has 1 aliphatic heterocycles. The molecule has 1 aliphatic rings. The molecule has 0 spiro atoms. The Bertz CT molecular complexity index is 712. The summed E-state index contributed by atoms with van der Waals surface area (Å²) in [5.74, 6) is -0.814. The van der Waals surface area contributed by atoms with Crippen LogP contribution < -0.4 is 5.32 Å². The van der Waals surface area contributed by atoms with Crippen LogP contribution in [0.5, 0.6) is 0 Å². The fourth-order valence-corrected chi connectivity index (χ4v) is 2.47.